The van der Waals surface area contributed by atoms with Crippen molar-refractivity contribution in [2.45, 2.75) is 45.6 Å². The Labute approximate surface area is 104 Å². The molecule has 1 saturated carbocycles. The highest BCUT2D eigenvalue weighted by Crippen LogP contribution is 2.27. The maximum Gasteiger partial charge on any atom is 0.246 e. The first kappa shape index (κ1) is 14.5. The summed E-state index contributed by atoms with van der Waals surface area (Å²) in [6, 6.07) is 0. The number of hydrogen-bond acceptors (Lipinski definition) is 3. The summed E-state index contributed by atoms with van der Waals surface area (Å²) < 4.78 is 5.25. The topological polar surface area (TPSA) is 64.3 Å². The Morgan fingerprint density at radius 2 is 1.88 bits per heavy atom. The second-order valence-electron chi connectivity index (χ2n) is 5.29. The third-order valence-electron chi connectivity index (χ3n) is 3.44. The predicted molar refractivity (Wildman–Crippen MR) is 68.6 cm³/mol. The molecule has 1 aliphatic carbocycles. The van der Waals surface area contributed by atoms with Crippen molar-refractivity contribution in [3.05, 3.63) is 0 Å². The number of nitrogens with one attached hydrogen (secondary N) is 1. The summed E-state index contributed by atoms with van der Waals surface area (Å²) in [5.74, 6) is 1.33. The van der Waals surface area contributed by atoms with Gasteiger partial charge in [-0.2, -0.15) is 0 Å². The molecule has 0 saturated heterocycles. The first-order valence-electron chi connectivity index (χ1n) is 6.70. The molecule has 0 radical (unpaired) electrons. The van der Waals surface area contributed by atoms with Gasteiger partial charge in [-0.15, -0.1) is 0 Å². The molecule has 1 amide bonds. The molecule has 4 heteroatoms. The number of carbonyl (C=O) groups is 1. The Bertz CT molecular complexity index is 223. The van der Waals surface area contributed by atoms with Crippen LogP contribution >= 0.6 is 0 Å². The number of nitrogens with two attached hydrogens (primary N) is 1. The number of amides is 1. The minimum atomic E-state index is -0.000326. The molecule has 0 unspecified atom stereocenters. The SMILES string of the molecule is CC(C)OCC(=O)NCC1CCC(CN)CC1. The molecule has 0 atom stereocenters. The number of hydrogen-bond donors (Lipinski definition) is 2. The van der Waals surface area contributed by atoms with Crippen LogP contribution in [0.3, 0.4) is 0 Å². The van der Waals surface area contributed by atoms with Crippen LogP contribution in [0.25, 0.3) is 0 Å². The van der Waals surface area contributed by atoms with Gasteiger partial charge in [0.05, 0.1) is 6.10 Å². The standard InChI is InChI=1S/C13H26N2O2/c1-10(2)17-9-13(16)15-8-12-5-3-11(7-14)4-6-12/h10-12H,3-9,14H2,1-2H3,(H,15,16). The Kier molecular flexibility index (Phi) is 6.52. The largest absolute Gasteiger partial charge is 0.369 e. The maximum atomic E-state index is 11.5. The van der Waals surface area contributed by atoms with Crippen molar-refractivity contribution in [1.29, 1.82) is 0 Å². The third kappa shape index (κ3) is 6.03. The van der Waals surface area contributed by atoms with Gasteiger partial charge in [-0.25, -0.2) is 0 Å². The first-order valence-corrected chi connectivity index (χ1v) is 6.70. The molecule has 0 spiro atoms. The lowest BCUT2D eigenvalue weighted by atomic mass is 9.82. The van der Waals surface area contributed by atoms with E-state index in [4.69, 9.17) is 10.5 Å². The smallest absolute Gasteiger partial charge is 0.246 e. The van der Waals surface area contributed by atoms with Crippen molar-refractivity contribution in [1.82, 2.24) is 5.32 Å². The Balaban J connectivity index is 2.08. The van der Waals surface area contributed by atoms with E-state index in [1.807, 2.05) is 13.8 Å². The quantitative estimate of drug-likeness (QED) is 0.737. The van der Waals surface area contributed by atoms with Gasteiger partial charge < -0.3 is 15.8 Å². The van der Waals surface area contributed by atoms with Crippen molar-refractivity contribution in [3.63, 3.8) is 0 Å². The number of rotatable bonds is 6. The van der Waals surface area contributed by atoms with E-state index < -0.39 is 0 Å². The van der Waals surface area contributed by atoms with Crippen LogP contribution in [0.2, 0.25) is 0 Å². The van der Waals surface area contributed by atoms with Crippen LogP contribution in [0.4, 0.5) is 0 Å². The van der Waals surface area contributed by atoms with E-state index in [9.17, 15) is 4.79 Å². The summed E-state index contributed by atoms with van der Waals surface area (Å²) in [5.41, 5.74) is 5.65. The average molecular weight is 242 g/mol. The van der Waals surface area contributed by atoms with Crippen molar-refractivity contribution in [3.8, 4) is 0 Å². The zero-order valence-electron chi connectivity index (χ0n) is 11.1. The monoisotopic (exact) mass is 242 g/mol. The van der Waals surface area contributed by atoms with Crippen molar-refractivity contribution in [2.24, 2.45) is 17.6 Å². The van der Waals surface area contributed by atoms with Crippen molar-refractivity contribution >= 4 is 5.91 Å². The van der Waals surface area contributed by atoms with Crippen LogP contribution in [0.5, 0.6) is 0 Å². The molecule has 0 aliphatic heterocycles. The average Bonchev–Trinajstić information content (AvgIpc) is 2.34. The zero-order chi connectivity index (χ0) is 12.7. The molecule has 1 aliphatic rings. The van der Waals surface area contributed by atoms with Crippen LogP contribution in [0, 0.1) is 11.8 Å². The highest BCUT2D eigenvalue weighted by molar-refractivity contribution is 5.77. The van der Waals surface area contributed by atoms with Gasteiger partial charge in [0.25, 0.3) is 0 Å². The van der Waals surface area contributed by atoms with Crippen LogP contribution < -0.4 is 11.1 Å². The molecule has 0 aromatic heterocycles. The molecular formula is C13H26N2O2. The van der Waals surface area contributed by atoms with Gasteiger partial charge in [0, 0.05) is 6.54 Å². The minimum Gasteiger partial charge on any atom is -0.369 e. The zero-order valence-corrected chi connectivity index (χ0v) is 11.1. The normalized spacial score (nSPS) is 24.9. The van der Waals surface area contributed by atoms with Gasteiger partial charge >= 0.3 is 0 Å². The summed E-state index contributed by atoms with van der Waals surface area (Å²) in [4.78, 5) is 11.5. The van der Waals surface area contributed by atoms with E-state index in [2.05, 4.69) is 5.32 Å². The molecule has 3 N–H and O–H groups in total. The minimum absolute atomic E-state index is 0.000326. The lowest BCUT2D eigenvalue weighted by Gasteiger charge is -2.27. The Morgan fingerprint density at radius 3 is 2.41 bits per heavy atom. The van der Waals surface area contributed by atoms with Gasteiger partial charge in [0.1, 0.15) is 6.61 Å². The van der Waals surface area contributed by atoms with E-state index in [0.717, 1.165) is 13.1 Å². The number of ether oxygens (including phenoxy) is 1. The fraction of sp³-hybridized carbons (Fsp3) is 0.923. The fourth-order valence-electron chi connectivity index (χ4n) is 2.22. The highest BCUT2D eigenvalue weighted by Gasteiger charge is 2.20. The second-order valence-corrected chi connectivity index (χ2v) is 5.29. The van der Waals surface area contributed by atoms with E-state index >= 15 is 0 Å². The van der Waals surface area contributed by atoms with E-state index in [-0.39, 0.29) is 18.6 Å². The van der Waals surface area contributed by atoms with Crippen LogP contribution in [-0.4, -0.2) is 31.7 Å². The van der Waals surface area contributed by atoms with Crippen LogP contribution in [0.1, 0.15) is 39.5 Å². The molecule has 17 heavy (non-hydrogen) atoms. The lowest BCUT2D eigenvalue weighted by Crippen LogP contribution is -2.34. The van der Waals surface area contributed by atoms with Gasteiger partial charge in [0.15, 0.2) is 0 Å². The van der Waals surface area contributed by atoms with Crippen molar-refractivity contribution in [2.75, 3.05) is 19.7 Å². The summed E-state index contributed by atoms with van der Waals surface area (Å²) in [7, 11) is 0. The number of carbonyl (C=O) groups excluding carboxylic acids is 1. The van der Waals surface area contributed by atoms with Gasteiger partial charge in [-0.1, -0.05) is 0 Å². The molecular weight excluding hydrogens is 216 g/mol. The molecule has 0 aromatic rings. The summed E-state index contributed by atoms with van der Waals surface area (Å²) >= 11 is 0. The Hall–Kier alpha value is -0.610. The molecule has 0 bridgehead atoms. The molecule has 4 nitrogen and oxygen atoms in total. The molecule has 1 rings (SSSR count). The van der Waals surface area contributed by atoms with Gasteiger partial charge in [-0.05, 0) is 57.9 Å². The third-order valence-corrected chi connectivity index (χ3v) is 3.44. The maximum absolute atomic E-state index is 11.5. The molecule has 1 fully saturated rings. The van der Waals surface area contributed by atoms with Crippen molar-refractivity contribution < 1.29 is 9.53 Å². The van der Waals surface area contributed by atoms with Gasteiger partial charge in [-0.3, -0.25) is 4.79 Å². The van der Waals surface area contributed by atoms with E-state index in [0.29, 0.717) is 11.8 Å². The predicted octanol–water partition coefficient (Wildman–Crippen LogP) is 1.29. The highest BCUT2D eigenvalue weighted by atomic mass is 16.5. The summed E-state index contributed by atoms with van der Waals surface area (Å²) in [5, 5.41) is 2.95. The van der Waals surface area contributed by atoms with E-state index in [1.165, 1.54) is 25.7 Å². The molecule has 100 valence electrons. The second kappa shape index (κ2) is 7.67. The summed E-state index contributed by atoms with van der Waals surface area (Å²) in [6.45, 7) is 5.64. The Morgan fingerprint density at radius 1 is 1.29 bits per heavy atom. The van der Waals surface area contributed by atoms with E-state index in [1.54, 1.807) is 0 Å². The first-order chi connectivity index (χ1) is 8.11. The lowest BCUT2D eigenvalue weighted by molar-refractivity contribution is -0.127. The summed E-state index contributed by atoms with van der Waals surface area (Å²) in [6.07, 6.45) is 4.90. The fourth-order valence-corrected chi connectivity index (χ4v) is 2.22. The van der Waals surface area contributed by atoms with Crippen LogP contribution in [0.15, 0.2) is 0 Å². The van der Waals surface area contributed by atoms with Gasteiger partial charge in [0.2, 0.25) is 5.91 Å². The molecule has 0 aromatic carbocycles. The molecule has 0 heterocycles. The van der Waals surface area contributed by atoms with Crippen LogP contribution in [-0.2, 0) is 9.53 Å².